The average Bonchev–Trinajstić information content (AvgIpc) is 2.92. The zero-order chi connectivity index (χ0) is 17.4. The van der Waals surface area contributed by atoms with Crippen LogP contribution in [0.1, 0.15) is 44.1 Å². The molecule has 0 saturated carbocycles. The summed E-state index contributed by atoms with van der Waals surface area (Å²) in [6.07, 6.45) is 4.86. The molecule has 4 heteroatoms. The van der Waals surface area contributed by atoms with Crippen LogP contribution in [0, 0.1) is 0 Å². The number of anilines is 1. The summed E-state index contributed by atoms with van der Waals surface area (Å²) in [5.74, 6) is 0.801. The maximum Gasteiger partial charge on any atom is 0.178 e. The first-order valence-electron chi connectivity index (χ1n) is 9.24. The van der Waals surface area contributed by atoms with E-state index in [0.717, 1.165) is 0 Å². The first-order chi connectivity index (χ1) is 12.1. The Kier molecular flexibility index (Phi) is 4.32. The van der Waals surface area contributed by atoms with Crippen molar-refractivity contribution in [3.05, 3.63) is 60.2 Å². The van der Waals surface area contributed by atoms with E-state index in [2.05, 4.69) is 35.2 Å². The van der Waals surface area contributed by atoms with Crippen molar-refractivity contribution in [1.82, 2.24) is 0 Å². The molecule has 0 aliphatic carbocycles. The van der Waals surface area contributed by atoms with E-state index in [1.807, 2.05) is 12.1 Å². The first kappa shape index (κ1) is 16.6. The summed E-state index contributed by atoms with van der Waals surface area (Å²) in [5, 5.41) is 0. The summed E-state index contributed by atoms with van der Waals surface area (Å²) >= 11 is 0. The minimum Gasteiger partial charge on any atom is -0.366 e. The largest absolute Gasteiger partial charge is 0.366 e. The molecule has 2 bridgehead atoms. The normalized spacial score (nSPS) is 26.0. The Bertz CT molecular complexity index is 816. The van der Waals surface area contributed by atoms with Gasteiger partial charge >= 0.3 is 0 Å². The molecule has 2 aromatic rings. The topological polar surface area (TPSA) is 37.4 Å². The lowest BCUT2D eigenvalue weighted by Gasteiger charge is -2.41. The third kappa shape index (κ3) is 3.08. The number of hydrogen-bond donors (Lipinski definition) is 0. The molecule has 2 saturated heterocycles. The second-order valence-corrected chi connectivity index (χ2v) is 9.55. The molecule has 0 N–H and O–H groups in total. The Morgan fingerprint density at radius 2 is 1.52 bits per heavy atom. The second-order valence-electron chi connectivity index (χ2n) is 7.27. The Labute approximate surface area is 150 Å². The quantitative estimate of drug-likeness (QED) is 0.816. The zero-order valence-electron chi connectivity index (χ0n) is 14.6. The molecule has 2 fully saturated rings. The summed E-state index contributed by atoms with van der Waals surface area (Å²) < 4.78 is 24.0. The van der Waals surface area contributed by atoms with E-state index in [1.165, 1.54) is 36.9 Å². The third-order valence-corrected chi connectivity index (χ3v) is 7.63. The van der Waals surface area contributed by atoms with Gasteiger partial charge in [-0.2, -0.15) is 0 Å². The van der Waals surface area contributed by atoms with Crippen molar-refractivity contribution in [2.75, 3.05) is 10.7 Å². The van der Waals surface area contributed by atoms with E-state index >= 15 is 0 Å². The van der Waals surface area contributed by atoms with Crippen LogP contribution in [0.4, 0.5) is 5.69 Å². The molecule has 2 aliphatic rings. The van der Waals surface area contributed by atoms with Crippen LogP contribution in [0.25, 0.3) is 0 Å². The first-order valence-corrected chi connectivity index (χ1v) is 10.9. The van der Waals surface area contributed by atoms with E-state index < -0.39 is 9.84 Å². The molecule has 0 spiro atoms. The van der Waals surface area contributed by atoms with Crippen molar-refractivity contribution in [3.63, 3.8) is 0 Å². The smallest absolute Gasteiger partial charge is 0.178 e. The van der Waals surface area contributed by atoms with Gasteiger partial charge in [0.1, 0.15) is 0 Å². The van der Waals surface area contributed by atoms with Crippen LogP contribution in [-0.2, 0) is 9.84 Å². The number of hydrogen-bond acceptors (Lipinski definition) is 3. The van der Waals surface area contributed by atoms with E-state index in [4.69, 9.17) is 0 Å². The highest BCUT2D eigenvalue weighted by Gasteiger charge is 2.41. The minimum absolute atomic E-state index is 0.153. The highest BCUT2D eigenvalue weighted by atomic mass is 32.2. The predicted octanol–water partition coefficient (Wildman–Crippen LogP) is 4.40. The molecular weight excluding hydrogens is 330 g/mol. The maximum absolute atomic E-state index is 12.0. The van der Waals surface area contributed by atoms with Crippen LogP contribution in [0.3, 0.4) is 0 Å². The fraction of sp³-hybridized carbons (Fsp3) is 0.429. The van der Waals surface area contributed by atoms with Gasteiger partial charge in [-0.15, -0.1) is 0 Å². The van der Waals surface area contributed by atoms with Gasteiger partial charge in [0, 0.05) is 17.8 Å². The molecule has 0 radical (unpaired) electrons. The molecule has 2 aromatic carbocycles. The number of benzene rings is 2. The number of rotatable bonds is 4. The second kappa shape index (κ2) is 6.49. The van der Waals surface area contributed by atoms with Crippen LogP contribution in [0.5, 0.6) is 0 Å². The highest BCUT2D eigenvalue weighted by molar-refractivity contribution is 7.91. The standard InChI is InChI=1S/C21H25NO2S/c1-2-25(23,24)21-12-10-18(11-13-21)22-19-8-9-20(22)15-17(14-19)16-6-4-3-5-7-16/h3-7,10-13,17,19-20H,2,8-9,14-15H2,1H3/t17?,19-,20+. The highest BCUT2D eigenvalue weighted by Crippen LogP contribution is 2.45. The van der Waals surface area contributed by atoms with Crippen molar-refractivity contribution < 1.29 is 8.42 Å². The molecule has 0 aromatic heterocycles. The van der Waals surface area contributed by atoms with Gasteiger partial charge in [0.2, 0.25) is 0 Å². The Balaban J connectivity index is 1.55. The monoisotopic (exact) mass is 355 g/mol. The van der Waals surface area contributed by atoms with E-state index in [9.17, 15) is 8.42 Å². The SMILES string of the molecule is CCS(=O)(=O)c1ccc(N2[C@@H]3CC[C@H]2CC(c2ccccc2)C3)cc1. The average molecular weight is 356 g/mol. The summed E-state index contributed by atoms with van der Waals surface area (Å²) in [5.41, 5.74) is 2.64. The molecule has 132 valence electrons. The summed E-state index contributed by atoms with van der Waals surface area (Å²) in [6, 6.07) is 19.5. The predicted molar refractivity (Wildman–Crippen MR) is 102 cm³/mol. The van der Waals surface area contributed by atoms with Crippen molar-refractivity contribution in [2.24, 2.45) is 0 Å². The van der Waals surface area contributed by atoms with Crippen LogP contribution >= 0.6 is 0 Å². The van der Waals surface area contributed by atoms with Gasteiger partial charge in [0.05, 0.1) is 10.6 Å². The molecule has 4 rings (SSSR count). The fourth-order valence-corrected chi connectivity index (χ4v) is 5.47. The van der Waals surface area contributed by atoms with Gasteiger partial charge < -0.3 is 4.90 Å². The molecule has 25 heavy (non-hydrogen) atoms. The van der Waals surface area contributed by atoms with Crippen LogP contribution < -0.4 is 4.90 Å². The van der Waals surface area contributed by atoms with Crippen LogP contribution in [0.2, 0.25) is 0 Å². The number of fused-ring (bicyclic) bond motifs is 2. The fourth-order valence-electron chi connectivity index (χ4n) is 4.59. The zero-order valence-corrected chi connectivity index (χ0v) is 15.5. The Morgan fingerprint density at radius 1 is 0.920 bits per heavy atom. The van der Waals surface area contributed by atoms with E-state index in [-0.39, 0.29) is 5.75 Å². The Hall–Kier alpha value is -1.81. The number of nitrogens with zero attached hydrogens (tertiary/aromatic N) is 1. The molecule has 2 heterocycles. The lowest BCUT2D eigenvalue weighted by atomic mass is 9.85. The summed E-state index contributed by atoms with van der Waals surface area (Å²) in [7, 11) is -3.12. The summed E-state index contributed by atoms with van der Waals surface area (Å²) in [4.78, 5) is 2.98. The van der Waals surface area contributed by atoms with Crippen molar-refractivity contribution in [2.45, 2.75) is 55.5 Å². The third-order valence-electron chi connectivity index (χ3n) is 5.88. The van der Waals surface area contributed by atoms with Crippen molar-refractivity contribution in [1.29, 1.82) is 0 Å². The molecule has 0 amide bonds. The van der Waals surface area contributed by atoms with E-state index in [0.29, 0.717) is 22.9 Å². The van der Waals surface area contributed by atoms with Gasteiger partial charge in [-0.3, -0.25) is 0 Å². The lowest BCUT2D eigenvalue weighted by molar-refractivity contribution is 0.416. The van der Waals surface area contributed by atoms with Gasteiger partial charge in [-0.25, -0.2) is 8.42 Å². The number of piperidine rings is 1. The van der Waals surface area contributed by atoms with Crippen LogP contribution in [-0.4, -0.2) is 26.3 Å². The molecule has 2 aliphatic heterocycles. The molecule has 3 nitrogen and oxygen atoms in total. The minimum atomic E-state index is -3.12. The Morgan fingerprint density at radius 3 is 2.08 bits per heavy atom. The van der Waals surface area contributed by atoms with Gasteiger partial charge in [0.15, 0.2) is 9.84 Å². The molecule has 3 atom stereocenters. The molecule has 1 unspecified atom stereocenters. The van der Waals surface area contributed by atoms with Gasteiger partial charge in [-0.05, 0) is 61.4 Å². The summed E-state index contributed by atoms with van der Waals surface area (Å²) in [6.45, 7) is 1.69. The lowest BCUT2D eigenvalue weighted by Crippen LogP contribution is -2.42. The van der Waals surface area contributed by atoms with Crippen molar-refractivity contribution in [3.8, 4) is 0 Å². The van der Waals surface area contributed by atoms with Crippen LogP contribution in [0.15, 0.2) is 59.5 Å². The van der Waals surface area contributed by atoms with Gasteiger partial charge in [0.25, 0.3) is 0 Å². The molecular formula is C21H25NO2S. The van der Waals surface area contributed by atoms with Crippen molar-refractivity contribution >= 4 is 15.5 Å². The maximum atomic E-state index is 12.0. The van der Waals surface area contributed by atoms with E-state index in [1.54, 1.807) is 19.1 Å². The number of sulfone groups is 1. The van der Waals surface area contributed by atoms with Gasteiger partial charge in [-0.1, -0.05) is 37.3 Å².